The molecule has 1 unspecified atom stereocenters. The third-order valence-electron chi connectivity index (χ3n) is 1.26. The number of rotatable bonds is 3. The van der Waals surface area contributed by atoms with E-state index in [2.05, 4.69) is 5.32 Å². The van der Waals surface area contributed by atoms with E-state index in [9.17, 15) is 18.3 Å². The summed E-state index contributed by atoms with van der Waals surface area (Å²) in [7, 11) is -2.02. The molecule has 0 fully saturated rings. The van der Waals surface area contributed by atoms with Crippen LogP contribution in [-0.2, 0) is 14.6 Å². The first-order valence-electron chi connectivity index (χ1n) is 3.31. The second kappa shape index (κ2) is 3.40. The number of sulfone groups is 1. The largest absolute Gasteiger partial charge is 0.379 e. The molecule has 0 radical (unpaired) electrons. The third-order valence-corrected chi connectivity index (χ3v) is 2.35. The van der Waals surface area contributed by atoms with Gasteiger partial charge in [0.2, 0.25) is 0 Å². The summed E-state index contributed by atoms with van der Waals surface area (Å²) >= 11 is 0. The van der Waals surface area contributed by atoms with Crippen LogP contribution in [0.5, 0.6) is 0 Å². The van der Waals surface area contributed by atoms with Crippen LogP contribution in [0.15, 0.2) is 0 Å². The molecule has 0 aliphatic carbocycles. The number of hydrogen-bond acceptors (Lipinski definition) is 4. The van der Waals surface area contributed by atoms with E-state index in [4.69, 9.17) is 0 Å². The predicted octanol–water partition coefficient (Wildman–Crippen LogP) is -1.47. The molecule has 0 saturated heterocycles. The second-order valence-electron chi connectivity index (χ2n) is 2.92. The Morgan fingerprint density at radius 3 is 2.25 bits per heavy atom. The lowest BCUT2D eigenvalue weighted by atomic mass is 10.1. The van der Waals surface area contributed by atoms with E-state index >= 15 is 0 Å². The van der Waals surface area contributed by atoms with Crippen LogP contribution in [0.25, 0.3) is 0 Å². The van der Waals surface area contributed by atoms with E-state index in [-0.39, 0.29) is 0 Å². The van der Waals surface area contributed by atoms with Crippen molar-refractivity contribution in [2.75, 3.05) is 19.1 Å². The van der Waals surface area contributed by atoms with Gasteiger partial charge in [-0.2, -0.15) is 0 Å². The maximum Gasteiger partial charge on any atom is 0.252 e. The van der Waals surface area contributed by atoms with Gasteiger partial charge < -0.3 is 10.4 Å². The smallest absolute Gasteiger partial charge is 0.252 e. The molecule has 0 aromatic carbocycles. The summed E-state index contributed by atoms with van der Waals surface area (Å²) in [6.07, 6.45) is 0.963. The van der Waals surface area contributed by atoms with Crippen LogP contribution in [0.4, 0.5) is 0 Å². The van der Waals surface area contributed by atoms with Gasteiger partial charge in [0.25, 0.3) is 5.91 Å². The van der Waals surface area contributed by atoms with Gasteiger partial charge in [0.05, 0.1) is 5.75 Å². The number of nitrogens with one attached hydrogen (secondary N) is 1. The molecule has 0 aliphatic rings. The van der Waals surface area contributed by atoms with Crippen molar-refractivity contribution in [2.24, 2.45) is 0 Å². The van der Waals surface area contributed by atoms with E-state index in [1.54, 1.807) is 0 Å². The fourth-order valence-corrected chi connectivity index (χ4v) is 2.00. The molecule has 0 spiro atoms. The highest BCUT2D eigenvalue weighted by Gasteiger charge is 2.33. The number of aliphatic hydroxyl groups is 1. The number of hydrogen-bond donors (Lipinski definition) is 2. The Morgan fingerprint density at radius 1 is 1.58 bits per heavy atom. The average molecular weight is 195 g/mol. The predicted molar refractivity (Wildman–Crippen MR) is 44.4 cm³/mol. The molecule has 6 heteroatoms. The van der Waals surface area contributed by atoms with E-state index < -0.39 is 27.1 Å². The first-order valence-corrected chi connectivity index (χ1v) is 5.37. The van der Waals surface area contributed by atoms with Crippen molar-refractivity contribution >= 4 is 15.7 Å². The first-order chi connectivity index (χ1) is 5.19. The highest BCUT2D eigenvalue weighted by molar-refractivity contribution is 7.90. The summed E-state index contributed by atoms with van der Waals surface area (Å²) in [6, 6.07) is 0. The average Bonchev–Trinajstić information content (AvgIpc) is 1.80. The van der Waals surface area contributed by atoms with Gasteiger partial charge in [-0.05, 0) is 6.92 Å². The lowest BCUT2D eigenvalue weighted by molar-refractivity contribution is -0.135. The molecule has 5 nitrogen and oxygen atoms in total. The molecular formula is C6H13NO4S. The Kier molecular flexibility index (Phi) is 3.23. The normalized spacial score (nSPS) is 16.7. The van der Waals surface area contributed by atoms with Crippen molar-refractivity contribution in [3.8, 4) is 0 Å². The van der Waals surface area contributed by atoms with E-state index in [1.807, 2.05) is 0 Å². The van der Waals surface area contributed by atoms with Crippen molar-refractivity contribution in [3.05, 3.63) is 0 Å². The van der Waals surface area contributed by atoms with Crippen LogP contribution in [0, 0.1) is 0 Å². The van der Waals surface area contributed by atoms with Gasteiger partial charge in [-0.1, -0.05) is 0 Å². The molecule has 0 rings (SSSR count). The zero-order valence-corrected chi connectivity index (χ0v) is 8.10. The van der Waals surface area contributed by atoms with Gasteiger partial charge >= 0.3 is 0 Å². The van der Waals surface area contributed by atoms with E-state index in [0.717, 1.165) is 13.2 Å². The summed E-state index contributed by atoms with van der Waals surface area (Å²) in [5, 5.41) is 11.5. The summed E-state index contributed by atoms with van der Waals surface area (Å²) in [6.45, 7) is 1.16. The zero-order valence-electron chi connectivity index (χ0n) is 7.29. The fourth-order valence-electron chi connectivity index (χ4n) is 0.845. The Labute approximate surface area is 71.7 Å². The second-order valence-corrected chi connectivity index (χ2v) is 5.06. The van der Waals surface area contributed by atoms with Crippen LogP contribution >= 0.6 is 0 Å². The molecule has 0 aromatic heterocycles. The summed E-state index contributed by atoms with van der Waals surface area (Å²) in [5.41, 5.74) is -1.84. The van der Waals surface area contributed by atoms with Crippen molar-refractivity contribution in [1.29, 1.82) is 0 Å². The van der Waals surface area contributed by atoms with Crippen molar-refractivity contribution in [2.45, 2.75) is 12.5 Å². The lowest BCUT2D eigenvalue weighted by Crippen LogP contribution is -2.47. The number of carbonyl (C=O) groups is 1. The summed E-state index contributed by atoms with van der Waals surface area (Å²) in [4.78, 5) is 10.9. The van der Waals surface area contributed by atoms with Crippen molar-refractivity contribution < 1.29 is 18.3 Å². The lowest BCUT2D eigenvalue weighted by Gasteiger charge is -2.19. The van der Waals surface area contributed by atoms with Gasteiger partial charge in [0.15, 0.2) is 15.4 Å². The molecule has 0 aliphatic heterocycles. The van der Waals surface area contributed by atoms with Gasteiger partial charge in [0.1, 0.15) is 0 Å². The van der Waals surface area contributed by atoms with Crippen molar-refractivity contribution in [3.63, 3.8) is 0 Å². The molecule has 0 aromatic rings. The quantitative estimate of drug-likeness (QED) is 0.576. The highest BCUT2D eigenvalue weighted by atomic mass is 32.2. The Morgan fingerprint density at radius 2 is 2.00 bits per heavy atom. The van der Waals surface area contributed by atoms with Crippen LogP contribution in [0.1, 0.15) is 6.92 Å². The standard InChI is InChI=1S/C6H13NO4S/c1-6(9,5(8)7-2)4-12(3,10)11/h9H,4H2,1-3H3,(H,7,8). The molecule has 0 heterocycles. The number of amides is 1. The monoisotopic (exact) mass is 195 g/mol. The minimum atomic E-state index is -3.35. The fraction of sp³-hybridized carbons (Fsp3) is 0.833. The molecule has 1 atom stereocenters. The molecule has 1 amide bonds. The van der Waals surface area contributed by atoms with Crippen LogP contribution in [0.2, 0.25) is 0 Å². The summed E-state index contributed by atoms with van der Waals surface area (Å²) < 4.78 is 21.5. The number of likely N-dealkylation sites (N-methyl/N-ethyl adjacent to an activating group) is 1. The first kappa shape index (κ1) is 11.4. The van der Waals surface area contributed by atoms with Crippen molar-refractivity contribution in [1.82, 2.24) is 5.32 Å². The number of carbonyl (C=O) groups excluding carboxylic acids is 1. The molecule has 12 heavy (non-hydrogen) atoms. The van der Waals surface area contributed by atoms with Gasteiger partial charge in [0, 0.05) is 13.3 Å². The van der Waals surface area contributed by atoms with Gasteiger partial charge in [-0.15, -0.1) is 0 Å². The highest BCUT2D eigenvalue weighted by Crippen LogP contribution is 2.06. The zero-order chi connectivity index (χ0) is 9.99. The maximum atomic E-state index is 10.9. The molecular weight excluding hydrogens is 182 g/mol. The Hall–Kier alpha value is -0.620. The minimum Gasteiger partial charge on any atom is -0.379 e. The molecule has 72 valence electrons. The van der Waals surface area contributed by atoms with Crippen LogP contribution in [-0.4, -0.2) is 44.1 Å². The van der Waals surface area contributed by atoms with E-state index in [1.165, 1.54) is 7.05 Å². The van der Waals surface area contributed by atoms with Gasteiger partial charge in [-0.3, -0.25) is 4.79 Å². The maximum absolute atomic E-state index is 10.9. The third kappa shape index (κ3) is 3.68. The molecule has 0 saturated carbocycles. The topological polar surface area (TPSA) is 83.5 Å². The molecule has 0 bridgehead atoms. The van der Waals surface area contributed by atoms with E-state index in [0.29, 0.717) is 0 Å². The van der Waals surface area contributed by atoms with Gasteiger partial charge in [-0.25, -0.2) is 8.42 Å². The molecule has 2 N–H and O–H groups in total. The minimum absolute atomic E-state index is 0.570. The Bertz CT molecular complexity index is 267. The SMILES string of the molecule is CNC(=O)C(C)(O)CS(C)(=O)=O. The summed E-state index contributed by atoms with van der Waals surface area (Å²) in [5.74, 6) is -1.27. The Balaban J connectivity index is 4.54. The van der Waals surface area contributed by atoms with Crippen LogP contribution < -0.4 is 5.32 Å². The van der Waals surface area contributed by atoms with Crippen LogP contribution in [0.3, 0.4) is 0 Å².